The minimum Gasteiger partial charge on any atom is -0.478 e. The van der Waals surface area contributed by atoms with Crippen LogP contribution in [-0.2, 0) is 0 Å². The summed E-state index contributed by atoms with van der Waals surface area (Å²) in [7, 11) is 0. The molecule has 5 heteroatoms. The fraction of sp³-hybridized carbons (Fsp3) is 0. The molecule has 0 atom stereocenters. The summed E-state index contributed by atoms with van der Waals surface area (Å²) in [5, 5.41) is 9.19. The van der Waals surface area contributed by atoms with Crippen LogP contribution in [0.3, 0.4) is 0 Å². The molecule has 0 fully saturated rings. The molecule has 0 radical (unpaired) electrons. The van der Waals surface area contributed by atoms with E-state index in [1.54, 1.807) is 12.1 Å². The first kappa shape index (κ1) is 11.2. The number of furan rings is 1. The topological polar surface area (TPSA) is 50.4 Å². The number of hydrogen-bond donors (Lipinski definition) is 1. The summed E-state index contributed by atoms with van der Waals surface area (Å²) in [6.07, 6.45) is 1.53. The zero-order chi connectivity index (χ0) is 11.7. The molecular formula is C11H6BrClO3. The molecule has 0 amide bonds. The van der Waals surface area contributed by atoms with E-state index in [4.69, 9.17) is 21.1 Å². The van der Waals surface area contributed by atoms with Gasteiger partial charge in [0.15, 0.2) is 0 Å². The van der Waals surface area contributed by atoms with Gasteiger partial charge in [0.05, 0.1) is 22.4 Å². The zero-order valence-electron chi connectivity index (χ0n) is 7.91. The van der Waals surface area contributed by atoms with Gasteiger partial charge in [0, 0.05) is 4.47 Å². The fourth-order valence-electron chi connectivity index (χ4n) is 1.35. The Labute approximate surface area is 105 Å². The van der Waals surface area contributed by atoms with E-state index in [1.807, 2.05) is 0 Å². The third-order valence-corrected chi connectivity index (χ3v) is 2.98. The second kappa shape index (κ2) is 4.31. The molecule has 1 aromatic carbocycles. The van der Waals surface area contributed by atoms with E-state index in [-0.39, 0.29) is 5.56 Å². The van der Waals surface area contributed by atoms with Gasteiger partial charge >= 0.3 is 5.97 Å². The Hall–Kier alpha value is -1.26. The van der Waals surface area contributed by atoms with Gasteiger partial charge in [-0.05, 0) is 40.2 Å². The summed E-state index contributed by atoms with van der Waals surface area (Å²) in [5.74, 6) is -0.428. The average Bonchev–Trinajstić information content (AvgIpc) is 2.69. The van der Waals surface area contributed by atoms with Crippen LogP contribution in [0.15, 0.2) is 39.4 Å². The number of halogens is 2. The molecule has 0 aliphatic rings. The van der Waals surface area contributed by atoms with Gasteiger partial charge in [0.2, 0.25) is 0 Å². The molecule has 16 heavy (non-hydrogen) atoms. The van der Waals surface area contributed by atoms with Gasteiger partial charge in [-0.2, -0.15) is 0 Å². The Morgan fingerprint density at radius 3 is 2.69 bits per heavy atom. The second-order valence-corrected chi connectivity index (χ2v) is 4.36. The molecule has 1 aromatic heterocycles. The highest BCUT2D eigenvalue weighted by molar-refractivity contribution is 9.10. The Morgan fingerprint density at radius 2 is 2.19 bits per heavy atom. The van der Waals surface area contributed by atoms with E-state index in [0.717, 1.165) is 0 Å². The van der Waals surface area contributed by atoms with Crippen molar-refractivity contribution in [3.63, 3.8) is 0 Å². The van der Waals surface area contributed by atoms with Gasteiger partial charge in [0.1, 0.15) is 5.76 Å². The van der Waals surface area contributed by atoms with Crippen LogP contribution in [0.5, 0.6) is 0 Å². The first-order valence-electron chi connectivity index (χ1n) is 4.36. The number of rotatable bonds is 2. The smallest absolute Gasteiger partial charge is 0.335 e. The summed E-state index contributed by atoms with van der Waals surface area (Å²) in [6, 6.07) is 6.38. The van der Waals surface area contributed by atoms with Gasteiger partial charge in [-0.1, -0.05) is 11.6 Å². The number of carboxylic acids is 1. The molecule has 0 saturated carbocycles. The van der Waals surface area contributed by atoms with Crippen molar-refractivity contribution in [2.45, 2.75) is 0 Å². The van der Waals surface area contributed by atoms with Gasteiger partial charge in [-0.15, -0.1) is 0 Å². The summed E-state index contributed by atoms with van der Waals surface area (Å²) >= 11 is 9.30. The maximum Gasteiger partial charge on any atom is 0.335 e. The molecule has 2 aromatic rings. The van der Waals surface area contributed by atoms with Crippen LogP contribution in [0.2, 0.25) is 5.02 Å². The average molecular weight is 302 g/mol. The predicted octanol–water partition coefficient (Wildman–Crippen LogP) is 4.06. The van der Waals surface area contributed by atoms with E-state index >= 15 is 0 Å². The lowest BCUT2D eigenvalue weighted by atomic mass is 10.1. The molecule has 82 valence electrons. The van der Waals surface area contributed by atoms with Crippen LogP contribution in [-0.4, -0.2) is 11.1 Å². The van der Waals surface area contributed by atoms with E-state index in [1.165, 1.54) is 18.4 Å². The Kier molecular flexibility index (Phi) is 3.03. The van der Waals surface area contributed by atoms with E-state index in [9.17, 15) is 4.79 Å². The number of benzene rings is 1. The largest absolute Gasteiger partial charge is 0.478 e. The van der Waals surface area contributed by atoms with E-state index < -0.39 is 5.97 Å². The maximum absolute atomic E-state index is 10.8. The summed E-state index contributed by atoms with van der Waals surface area (Å²) in [6.45, 7) is 0. The van der Waals surface area contributed by atoms with Gasteiger partial charge in [-0.25, -0.2) is 4.79 Å². The van der Waals surface area contributed by atoms with Crippen molar-refractivity contribution < 1.29 is 14.3 Å². The minimum atomic E-state index is -1.02. The molecule has 1 heterocycles. The lowest BCUT2D eigenvalue weighted by Gasteiger charge is -2.05. The third kappa shape index (κ3) is 1.99. The molecule has 1 N–H and O–H groups in total. The quantitative estimate of drug-likeness (QED) is 0.910. The van der Waals surface area contributed by atoms with Gasteiger partial charge in [0.25, 0.3) is 0 Å². The first-order chi connectivity index (χ1) is 7.59. The van der Waals surface area contributed by atoms with Crippen molar-refractivity contribution in [1.29, 1.82) is 0 Å². The highest BCUT2D eigenvalue weighted by Gasteiger charge is 2.14. The van der Waals surface area contributed by atoms with Crippen molar-refractivity contribution in [3.8, 4) is 11.3 Å². The van der Waals surface area contributed by atoms with Crippen LogP contribution in [0.4, 0.5) is 0 Å². The molecule has 0 bridgehead atoms. The molecule has 3 nitrogen and oxygen atoms in total. The fourth-order valence-corrected chi connectivity index (χ4v) is 2.44. The van der Waals surface area contributed by atoms with Crippen molar-refractivity contribution in [1.82, 2.24) is 0 Å². The highest BCUT2D eigenvalue weighted by Crippen LogP contribution is 2.36. The molecule has 0 spiro atoms. The van der Waals surface area contributed by atoms with Crippen molar-refractivity contribution in [2.24, 2.45) is 0 Å². The SMILES string of the molecule is O=C(O)c1cc(Cl)c(-c2ccco2)c(Br)c1. The molecule has 0 aliphatic heterocycles. The Morgan fingerprint density at radius 1 is 1.44 bits per heavy atom. The maximum atomic E-state index is 10.8. The molecule has 0 unspecified atom stereocenters. The lowest BCUT2D eigenvalue weighted by molar-refractivity contribution is 0.0697. The van der Waals surface area contributed by atoms with Crippen LogP contribution in [0.1, 0.15) is 10.4 Å². The standard InChI is InChI=1S/C11H6BrClO3/c12-7-4-6(11(14)15)5-8(13)10(7)9-2-1-3-16-9/h1-5H,(H,14,15). The summed E-state index contributed by atoms with van der Waals surface area (Å²) in [5.41, 5.74) is 0.781. The lowest BCUT2D eigenvalue weighted by Crippen LogP contribution is -1.96. The van der Waals surface area contributed by atoms with Crippen LogP contribution in [0, 0.1) is 0 Å². The number of hydrogen-bond acceptors (Lipinski definition) is 2. The van der Waals surface area contributed by atoms with Crippen molar-refractivity contribution in [3.05, 3.63) is 45.6 Å². The molecule has 0 saturated heterocycles. The second-order valence-electron chi connectivity index (χ2n) is 3.10. The normalized spacial score (nSPS) is 10.4. The molecule has 2 rings (SSSR count). The number of carboxylic acid groups (broad SMARTS) is 1. The van der Waals surface area contributed by atoms with Crippen LogP contribution < -0.4 is 0 Å². The van der Waals surface area contributed by atoms with E-state index in [0.29, 0.717) is 20.8 Å². The Balaban J connectivity index is 2.61. The summed E-state index contributed by atoms with van der Waals surface area (Å²) in [4.78, 5) is 10.8. The predicted molar refractivity (Wildman–Crippen MR) is 63.8 cm³/mol. The minimum absolute atomic E-state index is 0.132. The number of aromatic carboxylic acids is 1. The molecule has 0 aliphatic carbocycles. The third-order valence-electron chi connectivity index (χ3n) is 2.06. The molecular weight excluding hydrogens is 295 g/mol. The van der Waals surface area contributed by atoms with Gasteiger partial charge in [-0.3, -0.25) is 0 Å². The summed E-state index contributed by atoms with van der Waals surface area (Å²) < 4.78 is 5.81. The highest BCUT2D eigenvalue weighted by atomic mass is 79.9. The van der Waals surface area contributed by atoms with Crippen molar-refractivity contribution >= 4 is 33.5 Å². The van der Waals surface area contributed by atoms with E-state index in [2.05, 4.69) is 15.9 Å². The van der Waals surface area contributed by atoms with Gasteiger partial charge < -0.3 is 9.52 Å². The number of carbonyl (C=O) groups is 1. The van der Waals surface area contributed by atoms with Crippen LogP contribution in [0.25, 0.3) is 11.3 Å². The van der Waals surface area contributed by atoms with Crippen LogP contribution >= 0.6 is 27.5 Å². The van der Waals surface area contributed by atoms with Crippen molar-refractivity contribution in [2.75, 3.05) is 0 Å². The Bertz CT molecular complexity index is 511. The monoisotopic (exact) mass is 300 g/mol. The first-order valence-corrected chi connectivity index (χ1v) is 5.53. The zero-order valence-corrected chi connectivity index (χ0v) is 10.2.